The van der Waals surface area contributed by atoms with E-state index in [2.05, 4.69) is 32.4 Å². The molecule has 1 saturated heterocycles. The van der Waals surface area contributed by atoms with E-state index in [0.29, 0.717) is 35.2 Å². The minimum absolute atomic E-state index is 0.00382. The maximum absolute atomic E-state index is 13.7. The number of para-hydroxylation sites is 1. The van der Waals surface area contributed by atoms with Gasteiger partial charge in [0.15, 0.2) is 11.9 Å². The van der Waals surface area contributed by atoms with Gasteiger partial charge in [-0.2, -0.15) is 13.2 Å². The summed E-state index contributed by atoms with van der Waals surface area (Å²) < 4.78 is 52.4. The van der Waals surface area contributed by atoms with Gasteiger partial charge in [-0.3, -0.25) is 4.99 Å². The molecule has 0 spiro atoms. The predicted octanol–water partition coefficient (Wildman–Crippen LogP) is 5.40. The molecule has 1 saturated carbocycles. The Morgan fingerprint density at radius 1 is 1.07 bits per heavy atom. The first-order valence-corrected chi connectivity index (χ1v) is 13.4. The molecule has 2 N–H and O–H groups in total. The molecule has 4 heterocycles. The van der Waals surface area contributed by atoms with Gasteiger partial charge >= 0.3 is 12.2 Å². The first-order chi connectivity index (χ1) is 19.3. The molecule has 204 valence electrons. The number of alkyl halides is 3. The Bertz CT molecular complexity index is 1620. The van der Waals surface area contributed by atoms with Gasteiger partial charge in [0, 0.05) is 23.4 Å². The summed E-state index contributed by atoms with van der Waals surface area (Å²) in [6.07, 6.45) is -4.54. The van der Waals surface area contributed by atoms with Crippen molar-refractivity contribution in [3.63, 3.8) is 0 Å². The molecule has 0 unspecified atom stereocenters. The Morgan fingerprint density at radius 2 is 1.88 bits per heavy atom. The van der Waals surface area contributed by atoms with E-state index in [4.69, 9.17) is 14.1 Å². The van der Waals surface area contributed by atoms with Crippen LogP contribution in [0.4, 0.5) is 29.9 Å². The van der Waals surface area contributed by atoms with Gasteiger partial charge in [0.1, 0.15) is 5.00 Å². The summed E-state index contributed by atoms with van der Waals surface area (Å²) in [5, 5.41) is 13.9. The van der Waals surface area contributed by atoms with Crippen molar-refractivity contribution < 1.29 is 22.3 Å². The van der Waals surface area contributed by atoms with E-state index in [1.807, 2.05) is 59.5 Å². The van der Waals surface area contributed by atoms with E-state index in [0.717, 1.165) is 28.9 Å². The van der Waals surface area contributed by atoms with E-state index in [-0.39, 0.29) is 29.7 Å². The highest BCUT2D eigenvalue weighted by molar-refractivity contribution is 7.16. The number of benzene rings is 2. The summed E-state index contributed by atoms with van der Waals surface area (Å²) in [4.78, 5) is 10.7. The molecule has 0 bridgehead atoms. The van der Waals surface area contributed by atoms with E-state index in [9.17, 15) is 13.2 Å². The molecule has 3 atom stereocenters. The molecule has 3 aliphatic rings. The number of aliphatic imine (C=N–C) groups is 1. The topological polar surface area (TPSA) is 101 Å². The number of fused-ring (bicyclic) bond motifs is 2. The van der Waals surface area contributed by atoms with Crippen molar-refractivity contribution in [3.8, 4) is 11.6 Å². The first kappa shape index (κ1) is 24.8. The summed E-state index contributed by atoms with van der Waals surface area (Å²) in [6, 6.07) is 17.4. The Hall–Kier alpha value is -4.23. The molecule has 1 aliphatic carbocycles. The summed E-state index contributed by atoms with van der Waals surface area (Å²) in [5.41, 5.74) is 3.88. The first-order valence-electron chi connectivity index (χ1n) is 12.6. The number of halogens is 3. The lowest BCUT2D eigenvalue weighted by Gasteiger charge is -2.27. The van der Waals surface area contributed by atoms with Crippen molar-refractivity contribution in [2.24, 2.45) is 4.99 Å². The standard InChI is InChI=1S/C27H22F3N7O2S/c1-14-22(32-20(15-7-3-2-4-8-15)16-9-5-6-10-17(16)31-14)34-26-36-35-23(39-26)21-24(40-25(33-21)27(28,29)30)37-11-12-38-19-13-18(19)37/h2-10,18-19,22,31H,1,11-13H2,(H,34,36)/t18-,19+,22+/m1/s1. The molecule has 2 fully saturated rings. The fourth-order valence-electron chi connectivity index (χ4n) is 4.91. The van der Waals surface area contributed by atoms with Crippen molar-refractivity contribution >= 4 is 33.8 Å². The van der Waals surface area contributed by atoms with Crippen molar-refractivity contribution in [2.45, 2.75) is 30.9 Å². The number of thiazole rings is 1. The van der Waals surface area contributed by atoms with Crippen molar-refractivity contribution in [1.82, 2.24) is 15.2 Å². The van der Waals surface area contributed by atoms with E-state index in [1.165, 1.54) is 0 Å². The van der Waals surface area contributed by atoms with Gasteiger partial charge in [-0.05, 0) is 12.5 Å². The zero-order valence-corrected chi connectivity index (χ0v) is 21.7. The number of ether oxygens (including phenoxy) is 1. The zero-order valence-electron chi connectivity index (χ0n) is 20.9. The molecule has 4 aromatic rings. The second-order valence-electron chi connectivity index (χ2n) is 9.58. The van der Waals surface area contributed by atoms with Crippen LogP contribution in [0.15, 0.2) is 76.3 Å². The number of aromatic nitrogens is 3. The number of benzodiazepines with no additional fused rings is 1. The SMILES string of the molecule is C=C1Nc2ccccc2C(c2ccccc2)=N[C@H]1Nc1nnc(-c2nc(C(F)(F)F)sc2N2CCO[C@H]3C[C@H]32)o1. The average molecular weight is 566 g/mol. The maximum Gasteiger partial charge on any atom is 0.443 e. The smallest absolute Gasteiger partial charge is 0.402 e. The minimum atomic E-state index is -4.60. The highest BCUT2D eigenvalue weighted by Gasteiger charge is 2.48. The molecule has 2 aliphatic heterocycles. The fraction of sp³-hybridized carbons (Fsp3) is 0.259. The van der Waals surface area contributed by atoms with E-state index >= 15 is 0 Å². The second kappa shape index (κ2) is 9.45. The third kappa shape index (κ3) is 4.50. The molecular weight excluding hydrogens is 543 g/mol. The van der Waals surface area contributed by atoms with Crippen molar-refractivity contribution in [3.05, 3.63) is 83.0 Å². The molecule has 40 heavy (non-hydrogen) atoms. The monoisotopic (exact) mass is 565 g/mol. The van der Waals surface area contributed by atoms with Crippen molar-refractivity contribution in [1.29, 1.82) is 0 Å². The molecule has 9 nitrogen and oxygen atoms in total. The second-order valence-corrected chi connectivity index (χ2v) is 10.6. The van der Waals surface area contributed by atoms with Gasteiger partial charge in [-0.1, -0.05) is 71.5 Å². The number of hydrogen-bond acceptors (Lipinski definition) is 10. The molecule has 7 rings (SSSR count). The summed E-state index contributed by atoms with van der Waals surface area (Å²) in [7, 11) is 0. The van der Waals surface area contributed by atoms with Crippen LogP contribution >= 0.6 is 11.3 Å². The van der Waals surface area contributed by atoms with Gasteiger partial charge in [-0.25, -0.2) is 4.98 Å². The zero-order chi connectivity index (χ0) is 27.4. The normalized spacial score (nSPS) is 22.1. The van der Waals surface area contributed by atoms with Crippen LogP contribution in [-0.2, 0) is 10.9 Å². The molecular formula is C27H22F3N7O2S. The lowest BCUT2D eigenvalue weighted by Crippen LogP contribution is -2.36. The third-order valence-electron chi connectivity index (χ3n) is 6.88. The Balaban J connectivity index is 1.22. The van der Waals surface area contributed by atoms with Gasteiger partial charge in [0.2, 0.25) is 5.01 Å². The number of anilines is 3. The Kier molecular flexibility index (Phi) is 5.86. The maximum atomic E-state index is 13.7. The lowest BCUT2D eigenvalue weighted by atomic mass is 10.0. The molecule has 0 amide bonds. The number of rotatable bonds is 5. The molecule has 2 aromatic carbocycles. The largest absolute Gasteiger partial charge is 0.443 e. The highest BCUT2D eigenvalue weighted by Crippen LogP contribution is 2.47. The van der Waals surface area contributed by atoms with Crippen LogP contribution in [-0.4, -0.2) is 52.4 Å². The van der Waals surface area contributed by atoms with Gasteiger partial charge in [-0.15, -0.1) is 5.10 Å². The van der Waals surface area contributed by atoms with Gasteiger partial charge in [0.25, 0.3) is 5.89 Å². The van der Waals surface area contributed by atoms with Crippen LogP contribution in [0.1, 0.15) is 22.6 Å². The number of morpholine rings is 1. The highest BCUT2D eigenvalue weighted by atomic mass is 32.1. The van der Waals surface area contributed by atoms with Crippen LogP contribution in [0.5, 0.6) is 0 Å². The predicted molar refractivity (Wildman–Crippen MR) is 145 cm³/mol. The molecule has 2 aromatic heterocycles. The Labute approximate surface area is 230 Å². The number of nitrogens with zero attached hydrogens (tertiary/aromatic N) is 5. The number of nitrogens with one attached hydrogen (secondary N) is 2. The number of hydrogen-bond donors (Lipinski definition) is 2. The summed E-state index contributed by atoms with van der Waals surface area (Å²) >= 11 is 0.577. The van der Waals surface area contributed by atoms with Crippen LogP contribution in [0.25, 0.3) is 11.6 Å². The lowest BCUT2D eigenvalue weighted by molar-refractivity contribution is -0.137. The summed E-state index contributed by atoms with van der Waals surface area (Å²) in [5.74, 6) is -0.115. The van der Waals surface area contributed by atoms with Gasteiger partial charge in [0.05, 0.1) is 30.2 Å². The third-order valence-corrected chi connectivity index (χ3v) is 8.01. The van der Waals surface area contributed by atoms with Crippen LogP contribution in [0.3, 0.4) is 0 Å². The molecule has 13 heteroatoms. The van der Waals surface area contributed by atoms with E-state index < -0.39 is 17.3 Å². The van der Waals surface area contributed by atoms with Crippen LogP contribution in [0.2, 0.25) is 0 Å². The minimum Gasteiger partial charge on any atom is -0.402 e. The van der Waals surface area contributed by atoms with Crippen molar-refractivity contribution in [2.75, 3.05) is 28.7 Å². The van der Waals surface area contributed by atoms with Crippen LogP contribution < -0.4 is 15.5 Å². The fourth-order valence-corrected chi connectivity index (χ4v) is 5.92. The van der Waals surface area contributed by atoms with E-state index in [1.54, 1.807) is 0 Å². The van der Waals surface area contributed by atoms with Crippen LogP contribution in [0, 0.1) is 0 Å². The van der Waals surface area contributed by atoms with Gasteiger partial charge < -0.3 is 24.7 Å². The molecule has 0 radical (unpaired) electrons. The Morgan fingerprint density at radius 3 is 2.70 bits per heavy atom. The average Bonchev–Trinajstić information content (AvgIpc) is 3.42. The summed E-state index contributed by atoms with van der Waals surface area (Å²) in [6.45, 7) is 5.02. The quantitative estimate of drug-likeness (QED) is 0.332.